The van der Waals surface area contributed by atoms with Gasteiger partial charge in [-0.25, -0.2) is 9.97 Å². The highest BCUT2D eigenvalue weighted by atomic mass is 15.2. The van der Waals surface area contributed by atoms with Gasteiger partial charge in [-0.05, 0) is 75.6 Å². The van der Waals surface area contributed by atoms with Crippen molar-refractivity contribution < 1.29 is 0 Å². The van der Waals surface area contributed by atoms with Crippen molar-refractivity contribution >= 4 is 49.8 Å². The lowest BCUT2D eigenvalue weighted by molar-refractivity contribution is 1.13. The number of hydrogen-bond donors (Lipinski definition) is 0. The standard InChI is InChI=1S/C33H22N4/c1-2-10-27-23(8-1)15-18-28-29(27)22-25-9-7-21-36-33(25)32(28)24-13-16-26(17-14-24)37(30-11-3-5-19-34-30)31-12-4-6-20-35-31/h1-22H. The van der Waals surface area contributed by atoms with E-state index in [2.05, 4.69) is 87.7 Å². The molecule has 0 saturated carbocycles. The number of aromatic nitrogens is 3. The number of anilines is 3. The lowest BCUT2D eigenvalue weighted by Gasteiger charge is -2.23. The second kappa shape index (κ2) is 8.85. The molecule has 0 atom stereocenters. The zero-order chi connectivity index (χ0) is 24.6. The minimum absolute atomic E-state index is 0.817. The van der Waals surface area contributed by atoms with Gasteiger partial charge in [0, 0.05) is 35.2 Å². The third-order valence-corrected chi connectivity index (χ3v) is 6.79. The smallest absolute Gasteiger partial charge is 0.138 e. The van der Waals surface area contributed by atoms with Crippen molar-refractivity contribution in [1.29, 1.82) is 0 Å². The summed E-state index contributed by atoms with van der Waals surface area (Å²) in [6, 6.07) is 39.8. The summed E-state index contributed by atoms with van der Waals surface area (Å²) >= 11 is 0. The fraction of sp³-hybridized carbons (Fsp3) is 0. The molecule has 4 heteroatoms. The minimum atomic E-state index is 0.817. The van der Waals surface area contributed by atoms with Crippen LogP contribution in [0.2, 0.25) is 0 Å². The van der Waals surface area contributed by atoms with Crippen molar-refractivity contribution in [3.05, 3.63) is 134 Å². The molecule has 0 N–H and O–H groups in total. The van der Waals surface area contributed by atoms with E-state index in [0.29, 0.717) is 0 Å². The van der Waals surface area contributed by atoms with Crippen LogP contribution in [0, 0.1) is 0 Å². The van der Waals surface area contributed by atoms with Gasteiger partial charge >= 0.3 is 0 Å². The highest BCUT2D eigenvalue weighted by Crippen LogP contribution is 2.40. The van der Waals surface area contributed by atoms with Gasteiger partial charge < -0.3 is 0 Å². The molecular formula is C33H22N4. The fourth-order valence-corrected chi connectivity index (χ4v) is 5.12. The van der Waals surface area contributed by atoms with E-state index in [1.54, 1.807) is 12.4 Å². The van der Waals surface area contributed by atoms with E-state index in [0.717, 1.165) is 39.4 Å². The van der Waals surface area contributed by atoms with Gasteiger partial charge in [0.2, 0.25) is 0 Å². The molecule has 0 aliphatic heterocycles. The molecule has 0 amide bonds. The Balaban J connectivity index is 1.43. The van der Waals surface area contributed by atoms with Gasteiger partial charge in [-0.1, -0.05) is 66.7 Å². The van der Waals surface area contributed by atoms with E-state index in [1.165, 1.54) is 21.5 Å². The second-order valence-electron chi connectivity index (χ2n) is 8.97. The Labute approximate surface area is 214 Å². The lowest BCUT2D eigenvalue weighted by atomic mass is 9.92. The van der Waals surface area contributed by atoms with E-state index in [4.69, 9.17) is 4.98 Å². The summed E-state index contributed by atoms with van der Waals surface area (Å²) in [6.07, 6.45) is 5.48. The summed E-state index contributed by atoms with van der Waals surface area (Å²) in [5.74, 6) is 1.63. The first-order valence-electron chi connectivity index (χ1n) is 12.3. The normalized spacial score (nSPS) is 11.2. The van der Waals surface area contributed by atoms with Crippen molar-refractivity contribution in [3.8, 4) is 11.1 Å². The number of nitrogens with zero attached hydrogens (tertiary/aromatic N) is 4. The van der Waals surface area contributed by atoms with Crippen molar-refractivity contribution in [1.82, 2.24) is 15.0 Å². The summed E-state index contributed by atoms with van der Waals surface area (Å²) in [5, 5.41) is 6.06. The SMILES string of the molecule is c1ccc(N(c2ccc(-c3c4ccc5ccccc5c4cc4cccnc34)cc2)c2ccccn2)nc1. The Hall–Kier alpha value is -5.09. The molecule has 37 heavy (non-hydrogen) atoms. The molecular weight excluding hydrogens is 452 g/mol. The quantitative estimate of drug-likeness (QED) is 0.189. The molecule has 0 bridgehead atoms. The zero-order valence-corrected chi connectivity index (χ0v) is 20.0. The van der Waals surface area contributed by atoms with Crippen molar-refractivity contribution in [2.45, 2.75) is 0 Å². The van der Waals surface area contributed by atoms with Gasteiger partial charge in [0.1, 0.15) is 11.6 Å². The van der Waals surface area contributed by atoms with E-state index >= 15 is 0 Å². The molecule has 3 aromatic heterocycles. The fourth-order valence-electron chi connectivity index (χ4n) is 5.12. The zero-order valence-electron chi connectivity index (χ0n) is 20.0. The number of hydrogen-bond acceptors (Lipinski definition) is 4. The first-order chi connectivity index (χ1) is 18.4. The summed E-state index contributed by atoms with van der Waals surface area (Å²) in [7, 11) is 0. The average molecular weight is 475 g/mol. The molecule has 4 nitrogen and oxygen atoms in total. The second-order valence-corrected chi connectivity index (χ2v) is 8.97. The van der Waals surface area contributed by atoms with Gasteiger partial charge in [-0.2, -0.15) is 0 Å². The summed E-state index contributed by atoms with van der Waals surface area (Å²) in [4.78, 5) is 16.1. The van der Waals surface area contributed by atoms with Crippen molar-refractivity contribution in [2.24, 2.45) is 0 Å². The Kier molecular flexibility index (Phi) is 5.07. The highest BCUT2D eigenvalue weighted by Gasteiger charge is 2.16. The third kappa shape index (κ3) is 3.67. The molecule has 0 saturated heterocycles. The van der Waals surface area contributed by atoms with Gasteiger partial charge in [0.25, 0.3) is 0 Å². The molecule has 0 unspecified atom stereocenters. The number of rotatable bonds is 4. The van der Waals surface area contributed by atoms with Crippen LogP contribution in [0.1, 0.15) is 0 Å². The molecule has 0 fully saturated rings. The largest absolute Gasteiger partial charge is 0.279 e. The van der Waals surface area contributed by atoms with Crippen LogP contribution in [0.15, 0.2) is 134 Å². The van der Waals surface area contributed by atoms with Crippen molar-refractivity contribution in [3.63, 3.8) is 0 Å². The van der Waals surface area contributed by atoms with E-state index in [9.17, 15) is 0 Å². The Morgan fingerprint density at radius 2 is 1.14 bits per heavy atom. The Morgan fingerprint density at radius 3 is 1.86 bits per heavy atom. The van der Waals surface area contributed by atoms with Crippen LogP contribution < -0.4 is 4.90 Å². The molecule has 174 valence electrons. The van der Waals surface area contributed by atoms with E-state index in [1.807, 2.05) is 48.7 Å². The Morgan fingerprint density at radius 1 is 0.459 bits per heavy atom. The summed E-state index contributed by atoms with van der Waals surface area (Å²) in [5.41, 5.74) is 4.26. The monoisotopic (exact) mass is 474 g/mol. The average Bonchev–Trinajstić information content (AvgIpc) is 2.98. The van der Waals surface area contributed by atoms with Gasteiger partial charge in [0.15, 0.2) is 0 Å². The van der Waals surface area contributed by atoms with Crippen LogP contribution >= 0.6 is 0 Å². The predicted molar refractivity (Wildman–Crippen MR) is 152 cm³/mol. The van der Waals surface area contributed by atoms with E-state index < -0.39 is 0 Å². The minimum Gasteiger partial charge on any atom is -0.279 e. The van der Waals surface area contributed by atoms with Gasteiger partial charge in [-0.15, -0.1) is 0 Å². The van der Waals surface area contributed by atoms with Crippen LogP contribution in [0.25, 0.3) is 43.6 Å². The molecule has 4 aromatic carbocycles. The molecule has 0 aliphatic rings. The summed E-state index contributed by atoms with van der Waals surface area (Å²) in [6.45, 7) is 0. The van der Waals surface area contributed by atoms with Crippen LogP contribution in [-0.4, -0.2) is 15.0 Å². The molecule has 3 heterocycles. The van der Waals surface area contributed by atoms with Crippen LogP contribution in [0.5, 0.6) is 0 Å². The predicted octanol–water partition coefficient (Wildman–Crippen LogP) is 8.47. The van der Waals surface area contributed by atoms with Crippen LogP contribution in [-0.2, 0) is 0 Å². The maximum absolute atomic E-state index is 4.81. The first-order valence-corrected chi connectivity index (χ1v) is 12.3. The maximum Gasteiger partial charge on any atom is 0.138 e. The topological polar surface area (TPSA) is 41.9 Å². The number of benzene rings is 4. The van der Waals surface area contributed by atoms with Gasteiger partial charge in [-0.3, -0.25) is 9.88 Å². The molecule has 7 rings (SSSR count). The Bertz CT molecular complexity index is 1830. The molecule has 0 spiro atoms. The van der Waals surface area contributed by atoms with Gasteiger partial charge in [0.05, 0.1) is 5.52 Å². The summed E-state index contributed by atoms with van der Waals surface area (Å²) < 4.78 is 0. The molecule has 0 aliphatic carbocycles. The number of fused-ring (bicyclic) bond motifs is 4. The highest BCUT2D eigenvalue weighted by molar-refractivity contribution is 6.19. The van der Waals surface area contributed by atoms with Crippen LogP contribution in [0.3, 0.4) is 0 Å². The third-order valence-electron chi connectivity index (χ3n) is 6.79. The van der Waals surface area contributed by atoms with E-state index in [-0.39, 0.29) is 0 Å². The molecule has 7 aromatic rings. The first kappa shape index (κ1) is 21.2. The maximum atomic E-state index is 4.81. The van der Waals surface area contributed by atoms with Crippen molar-refractivity contribution in [2.75, 3.05) is 4.90 Å². The number of pyridine rings is 3. The lowest BCUT2D eigenvalue weighted by Crippen LogP contribution is -2.12. The molecule has 0 radical (unpaired) electrons. The van der Waals surface area contributed by atoms with Crippen LogP contribution in [0.4, 0.5) is 17.3 Å².